The van der Waals surface area contributed by atoms with Crippen LogP contribution in [0, 0.1) is 12.8 Å². The third-order valence-electron chi connectivity index (χ3n) is 4.63. The van der Waals surface area contributed by atoms with E-state index in [0.29, 0.717) is 0 Å². The third kappa shape index (κ3) is 2.79. The third-order valence-corrected chi connectivity index (χ3v) is 4.63. The molecule has 2 nitrogen and oxygen atoms in total. The summed E-state index contributed by atoms with van der Waals surface area (Å²) in [5.74, 6) is 0.915. The molecule has 3 rings (SSSR count). The maximum absolute atomic E-state index is 6.23. The molecule has 0 saturated heterocycles. The molecule has 2 aromatic rings. The molecule has 0 radical (unpaired) electrons. The van der Waals surface area contributed by atoms with Crippen LogP contribution in [0.4, 0.5) is 5.69 Å². The predicted octanol–water partition coefficient (Wildman–Crippen LogP) is 4.64. The lowest BCUT2D eigenvalue weighted by molar-refractivity contribution is 0.339. The number of fused-ring (bicyclic) bond motifs is 1. The smallest absolute Gasteiger partial charge is 0.0728 e. The molecule has 1 fully saturated rings. The lowest BCUT2D eigenvalue weighted by Gasteiger charge is -2.21. The second kappa shape index (κ2) is 5.82. The minimum Gasteiger partial charge on any atom is -0.398 e. The van der Waals surface area contributed by atoms with E-state index in [1.165, 1.54) is 49.5 Å². The van der Waals surface area contributed by atoms with Crippen molar-refractivity contribution in [3.63, 3.8) is 0 Å². The molecule has 106 valence electrons. The van der Waals surface area contributed by atoms with Crippen molar-refractivity contribution in [1.29, 1.82) is 0 Å². The van der Waals surface area contributed by atoms with Crippen LogP contribution in [0.3, 0.4) is 0 Å². The van der Waals surface area contributed by atoms with Crippen molar-refractivity contribution in [3.8, 4) is 0 Å². The van der Waals surface area contributed by atoms with Crippen LogP contribution >= 0.6 is 0 Å². The first-order chi connectivity index (χ1) is 9.74. The molecule has 2 N–H and O–H groups in total. The van der Waals surface area contributed by atoms with Crippen molar-refractivity contribution in [2.75, 3.05) is 5.73 Å². The normalized spacial score (nSPS) is 16.6. The van der Waals surface area contributed by atoms with E-state index >= 15 is 0 Å². The Kier molecular flexibility index (Phi) is 3.90. The summed E-state index contributed by atoms with van der Waals surface area (Å²) >= 11 is 0. The summed E-state index contributed by atoms with van der Waals surface area (Å²) in [7, 11) is 0. The highest BCUT2D eigenvalue weighted by Gasteiger charge is 2.14. The Labute approximate surface area is 121 Å². The van der Waals surface area contributed by atoms with Crippen molar-refractivity contribution < 1.29 is 0 Å². The topological polar surface area (TPSA) is 38.9 Å². The van der Waals surface area contributed by atoms with E-state index < -0.39 is 0 Å². The quantitative estimate of drug-likeness (QED) is 0.880. The van der Waals surface area contributed by atoms with Crippen LogP contribution in [0.1, 0.15) is 49.8 Å². The molecule has 0 spiro atoms. The van der Waals surface area contributed by atoms with E-state index in [-0.39, 0.29) is 0 Å². The molecular weight excluding hydrogens is 244 g/mol. The average molecular weight is 268 g/mol. The first kappa shape index (κ1) is 13.4. The molecule has 1 saturated carbocycles. The van der Waals surface area contributed by atoms with Gasteiger partial charge in [-0.2, -0.15) is 0 Å². The van der Waals surface area contributed by atoms with Gasteiger partial charge in [0.15, 0.2) is 0 Å². The van der Waals surface area contributed by atoms with Gasteiger partial charge in [-0.15, -0.1) is 0 Å². The summed E-state index contributed by atoms with van der Waals surface area (Å²) in [5.41, 5.74) is 10.5. The minimum atomic E-state index is 0.881. The largest absolute Gasteiger partial charge is 0.398 e. The Bertz CT molecular complexity index is 598. The molecule has 1 aliphatic carbocycles. The molecular formula is C18H24N2. The van der Waals surface area contributed by atoms with Crippen molar-refractivity contribution >= 4 is 16.6 Å². The number of hydrogen-bond acceptors (Lipinski definition) is 2. The Morgan fingerprint density at radius 3 is 2.80 bits per heavy atom. The van der Waals surface area contributed by atoms with Crippen molar-refractivity contribution in [2.24, 2.45) is 5.92 Å². The molecule has 0 bridgehead atoms. The number of nitrogen functional groups attached to an aromatic ring is 1. The number of nitrogens with zero attached hydrogens (tertiary/aromatic N) is 1. The summed E-state index contributed by atoms with van der Waals surface area (Å²) in [5, 5.41) is 1.17. The fourth-order valence-electron chi connectivity index (χ4n) is 3.58. The fourth-order valence-corrected chi connectivity index (χ4v) is 3.58. The minimum absolute atomic E-state index is 0.881. The van der Waals surface area contributed by atoms with Gasteiger partial charge in [-0.25, -0.2) is 0 Å². The summed E-state index contributed by atoms with van der Waals surface area (Å²) < 4.78 is 0. The predicted molar refractivity (Wildman–Crippen MR) is 85.8 cm³/mol. The van der Waals surface area contributed by atoms with Gasteiger partial charge in [0.1, 0.15) is 0 Å². The highest BCUT2D eigenvalue weighted by atomic mass is 14.7. The van der Waals surface area contributed by atoms with Gasteiger partial charge in [0, 0.05) is 16.8 Å². The van der Waals surface area contributed by atoms with Gasteiger partial charge in [-0.3, -0.25) is 4.98 Å². The Hall–Kier alpha value is -1.57. The second-order valence-corrected chi connectivity index (χ2v) is 6.21. The van der Waals surface area contributed by atoms with Gasteiger partial charge < -0.3 is 5.73 Å². The van der Waals surface area contributed by atoms with Crippen LogP contribution in [0.2, 0.25) is 0 Å². The maximum atomic E-state index is 6.23. The zero-order valence-electron chi connectivity index (χ0n) is 12.4. The number of hydrogen-bond donors (Lipinski definition) is 1. The maximum Gasteiger partial charge on any atom is 0.0728 e. The SMILES string of the molecule is Cc1cc(N)c2c(CCC3CCCCC3)cccc2n1. The van der Waals surface area contributed by atoms with E-state index in [0.717, 1.165) is 29.2 Å². The lowest BCUT2D eigenvalue weighted by Crippen LogP contribution is -2.07. The van der Waals surface area contributed by atoms with Gasteiger partial charge in [0.25, 0.3) is 0 Å². The van der Waals surface area contributed by atoms with Crippen molar-refractivity contribution in [3.05, 3.63) is 35.5 Å². The molecule has 20 heavy (non-hydrogen) atoms. The van der Waals surface area contributed by atoms with Gasteiger partial charge in [-0.1, -0.05) is 44.2 Å². The van der Waals surface area contributed by atoms with Gasteiger partial charge >= 0.3 is 0 Å². The summed E-state index contributed by atoms with van der Waals surface area (Å²) in [4.78, 5) is 4.61. The Balaban J connectivity index is 1.83. The number of nitrogens with two attached hydrogens (primary N) is 1. The van der Waals surface area contributed by atoms with Crippen LogP contribution in [0.25, 0.3) is 10.9 Å². The molecule has 1 aliphatic rings. The molecule has 0 amide bonds. The molecule has 0 unspecified atom stereocenters. The highest BCUT2D eigenvalue weighted by Crippen LogP contribution is 2.30. The Morgan fingerprint density at radius 1 is 1.20 bits per heavy atom. The zero-order chi connectivity index (χ0) is 13.9. The highest BCUT2D eigenvalue weighted by molar-refractivity contribution is 5.93. The molecule has 2 heteroatoms. The zero-order valence-corrected chi connectivity index (χ0v) is 12.4. The van der Waals surface area contributed by atoms with E-state index in [4.69, 9.17) is 5.73 Å². The number of rotatable bonds is 3. The van der Waals surface area contributed by atoms with E-state index in [9.17, 15) is 0 Å². The number of pyridine rings is 1. The monoisotopic (exact) mass is 268 g/mol. The van der Waals surface area contributed by atoms with Crippen LogP contribution in [-0.2, 0) is 6.42 Å². The lowest BCUT2D eigenvalue weighted by atomic mass is 9.85. The number of aromatic nitrogens is 1. The van der Waals surface area contributed by atoms with Crippen molar-refractivity contribution in [1.82, 2.24) is 4.98 Å². The number of benzene rings is 1. The standard InChI is InChI=1S/C18H24N2/c1-13-12-16(19)18-15(8-5-9-17(18)20-13)11-10-14-6-3-2-4-7-14/h5,8-9,12,14H,2-4,6-7,10-11H2,1H3,(H2,19,20). The first-order valence-electron chi connectivity index (χ1n) is 7.89. The first-order valence-corrected chi connectivity index (χ1v) is 7.89. The van der Waals surface area contributed by atoms with Gasteiger partial charge in [-0.05, 0) is 43.4 Å². The molecule has 1 heterocycles. The van der Waals surface area contributed by atoms with Crippen LogP contribution in [0.15, 0.2) is 24.3 Å². The average Bonchev–Trinajstić information content (AvgIpc) is 2.45. The van der Waals surface area contributed by atoms with Gasteiger partial charge in [0.2, 0.25) is 0 Å². The van der Waals surface area contributed by atoms with E-state index in [1.54, 1.807) is 0 Å². The van der Waals surface area contributed by atoms with E-state index in [1.807, 2.05) is 13.0 Å². The summed E-state index contributed by atoms with van der Waals surface area (Å²) in [6, 6.07) is 8.40. The van der Waals surface area contributed by atoms with Crippen LogP contribution in [0.5, 0.6) is 0 Å². The van der Waals surface area contributed by atoms with Crippen molar-refractivity contribution in [2.45, 2.75) is 51.9 Å². The number of anilines is 1. The molecule has 0 atom stereocenters. The molecule has 1 aromatic heterocycles. The molecule has 1 aromatic carbocycles. The van der Waals surface area contributed by atoms with Gasteiger partial charge in [0.05, 0.1) is 5.52 Å². The summed E-state index contributed by atoms with van der Waals surface area (Å²) in [6.07, 6.45) is 9.53. The second-order valence-electron chi connectivity index (χ2n) is 6.21. The summed E-state index contributed by atoms with van der Waals surface area (Å²) in [6.45, 7) is 2.00. The van der Waals surface area contributed by atoms with Crippen LogP contribution in [-0.4, -0.2) is 4.98 Å². The molecule has 0 aliphatic heterocycles. The Morgan fingerprint density at radius 2 is 2.00 bits per heavy atom. The van der Waals surface area contributed by atoms with Crippen LogP contribution < -0.4 is 5.73 Å². The van der Waals surface area contributed by atoms with E-state index in [2.05, 4.69) is 23.2 Å². The fraction of sp³-hybridized carbons (Fsp3) is 0.500. The number of aryl methyl sites for hydroxylation is 2.